The second kappa shape index (κ2) is 5.21. The normalized spacial score (nSPS) is 19.9. The number of carbonyl (C=O) groups is 1. The van der Waals surface area contributed by atoms with E-state index in [4.69, 9.17) is 0 Å². The molecule has 0 radical (unpaired) electrons. The summed E-state index contributed by atoms with van der Waals surface area (Å²) < 4.78 is 0. The Morgan fingerprint density at radius 1 is 1.17 bits per heavy atom. The van der Waals surface area contributed by atoms with E-state index in [0.29, 0.717) is 6.04 Å². The van der Waals surface area contributed by atoms with Crippen molar-refractivity contribution in [3.63, 3.8) is 0 Å². The van der Waals surface area contributed by atoms with Crippen LogP contribution in [0.1, 0.15) is 34.9 Å². The first-order chi connectivity index (χ1) is 11.8. The number of nitrogens with one attached hydrogen (secondary N) is 2. The zero-order chi connectivity index (χ0) is 16.1. The summed E-state index contributed by atoms with van der Waals surface area (Å²) in [5.41, 5.74) is 3.65. The van der Waals surface area contributed by atoms with Crippen LogP contribution >= 0.6 is 11.3 Å². The third-order valence-corrected chi connectivity index (χ3v) is 5.52. The minimum Gasteiger partial charge on any atom is -0.361 e. The van der Waals surface area contributed by atoms with Crippen LogP contribution in [0.3, 0.4) is 0 Å². The van der Waals surface area contributed by atoms with Gasteiger partial charge in [-0.25, -0.2) is 0 Å². The zero-order valence-corrected chi connectivity index (χ0v) is 13.7. The predicted molar refractivity (Wildman–Crippen MR) is 93.9 cm³/mol. The van der Waals surface area contributed by atoms with Gasteiger partial charge in [-0.05, 0) is 36.4 Å². The lowest BCUT2D eigenvalue weighted by molar-refractivity contribution is 0.0667. The number of anilines is 1. The Morgan fingerprint density at radius 3 is 2.83 bits per heavy atom. The van der Waals surface area contributed by atoms with E-state index in [0.717, 1.165) is 40.2 Å². The van der Waals surface area contributed by atoms with Crippen LogP contribution in [-0.2, 0) is 0 Å². The molecule has 1 fully saturated rings. The van der Waals surface area contributed by atoms with E-state index < -0.39 is 0 Å². The number of benzene rings is 1. The van der Waals surface area contributed by atoms with Crippen LogP contribution < -0.4 is 5.32 Å². The molecule has 1 aromatic carbocycles. The summed E-state index contributed by atoms with van der Waals surface area (Å²) in [6.45, 7) is 0. The third kappa shape index (κ3) is 2.06. The summed E-state index contributed by atoms with van der Waals surface area (Å²) in [4.78, 5) is 16.2. The highest BCUT2D eigenvalue weighted by atomic mass is 32.1. The molecular formula is C18H16N4OS. The summed E-state index contributed by atoms with van der Waals surface area (Å²) in [6, 6.07) is 12.1. The van der Waals surface area contributed by atoms with Gasteiger partial charge < -0.3 is 10.2 Å². The maximum atomic E-state index is 13.1. The van der Waals surface area contributed by atoms with Gasteiger partial charge in [-0.15, -0.1) is 11.3 Å². The van der Waals surface area contributed by atoms with Gasteiger partial charge in [0.05, 0.1) is 22.3 Å². The van der Waals surface area contributed by atoms with Crippen molar-refractivity contribution in [2.24, 2.45) is 0 Å². The number of amides is 1. The van der Waals surface area contributed by atoms with Gasteiger partial charge in [-0.1, -0.05) is 18.2 Å². The standard InChI is InChI=1S/C18H16N4OS/c23-18-12-4-1-2-5-14(12)20-17(22(18)11-7-8-11)13-10-19-21-16(13)15-6-3-9-24-15/h1-6,9-11,17,20H,7-8H2,(H,19,21). The number of rotatable bonds is 3. The second-order valence-electron chi connectivity index (χ2n) is 6.21. The molecule has 3 aromatic rings. The van der Waals surface area contributed by atoms with Crippen molar-refractivity contribution in [3.8, 4) is 10.6 Å². The molecule has 1 saturated carbocycles. The van der Waals surface area contributed by atoms with E-state index in [-0.39, 0.29) is 12.1 Å². The number of fused-ring (bicyclic) bond motifs is 1. The Labute approximate surface area is 143 Å². The molecular weight excluding hydrogens is 320 g/mol. The first-order valence-electron chi connectivity index (χ1n) is 8.08. The molecule has 5 rings (SSSR count). The van der Waals surface area contributed by atoms with Crippen LogP contribution in [0.5, 0.6) is 0 Å². The molecule has 1 amide bonds. The number of aromatic amines is 1. The van der Waals surface area contributed by atoms with E-state index >= 15 is 0 Å². The molecule has 2 aromatic heterocycles. The highest BCUT2D eigenvalue weighted by molar-refractivity contribution is 7.13. The van der Waals surface area contributed by atoms with Gasteiger partial charge in [0, 0.05) is 17.3 Å². The summed E-state index contributed by atoms with van der Waals surface area (Å²) in [5.74, 6) is 0.107. The molecule has 1 atom stereocenters. The first-order valence-corrected chi connectivity index (χ1v) is 8.96. The molecule has 1 aliphatic heterocycles. The van der Waals surface area contributed by atoms with Gasteiger partial charge in [-0.3, -0.25) is 9.89 Å². The largest absolute Gasteiger partial charge is 0.361 e. The van der Waals surface area contributed by atoms with Gasteiger partial charge in [0.25, 0.3) is 5.91 Å². The Kier molecular flexibility index (Phi) is 2.99. The Bertz CT molecular complexity index is 897. The lowest BCUT2D eigenvalue weighted by Crippen LogP contribution is -2.44. The molecule has 2 N–H and O–H groups in total. The summed E-state index contributed by atoms with van der Waals surface area (Å²) >= 11 is 1.67. The van der Waals surface area contributed by atoms with E-state index in [1.807, 2.05) is 46.8 Å². The number of carbonyl (C=O) groups excluding carboxylic acids is 1. The molecule has 5 nitrogen and oxygen atoms in total. The molecule has 1 unspecified atom stereocenters. The summed E-state index contributed by atoms with van der Waals surface area (Å²) in [6.07, 6.45) is 3.79. The minimum atomic E-state index is -0.184. The number of H-pyrrole nitrogens is 1. The SMILES string of the molecule is O=C1c2ccccc2NC(c2cn[nH]c2-c2cccs2)N1C1CC1. The van der Waals surface area contributed by atoms with E-state index in [2.05, 4.69) is 21.6 Å². The van der Waals surface area contributed by atoms with Gasteiger partial charge in [0.2, 0.25) is 0 Å². The van der Waals surface area contributed by atoms with Crippen LogP contribution in [-0.4, -0.2) is 27.0 Å². The van der Waals surface area contributed by atoms with Crippen molar-refractivity contribution in [1.82, 2.24) is 15.1 Å². The molecule has 3 heterocycles. The second-order valence-corrected chi connectivity index (χ2v) is 7.16. The summed E-state index contributed by atoms with van der Waals surface area (Å²) in [5, 5.41) is 13.0. The number of hydrogen-bond acceptors (Lipinski definition) is 4. The van der Waals surface area contributed by atoms with Crippen LogP contribution in [0, 0.1) is 0 Å². The van der Waals surface area contributed by atoms with Crippen molar-refractivity contribution in [3.05, 3.63) is 59.1 Å². The van der Waals surface area contributed by atoms with Crippen LogP contribution in [0.2, 0.25) is 0 Å². The number of nitrogens with zero attached hydrogens (tertiary/aromatic N) is 2. The Morgan fingerprint density at radius 2 is 2.04 bits per heavy atom. The van der Waals surface area contributed by atoms with Crippen molar-refractivity contribution < 1.29 is 4.79 Å². The quantitative estimate of drug-likeness (QED) is 0.763. The van der Waals surface area contributed by atoms with Gasteiger partial charge >= 0.3 is 0 Å². The Hall–Kier alpha value is -2.60. The average molecular weight is 336 g/mol. The first kappa shape index (κ1) is 13.8. The van der Waals surface area contributed by atoms with Gasteiger partial charge in [-0.2, -0.15) is 5.10 Å². The predicted octanol–water partition coefficient (Wildman–Crippen LogP) is 3.87. The maximum Gasteiger partial charge on any atom is 0.258 e. The molecule has 0 spiro atoms. The minimum absolute atomic E-state index is 0.107. The van der Waals surface area contributed by atoms with Crippen LogP contribution in [0.4, 0.5) is 5.69 Å². The molecule has 120 valence electrons. The third-order valence-electron chi connectivity index (χ3n) is 4.63. The lowest BCUT2D eigenvalue weighted by atomic mass is 10.0. The average Bonchev–Trinajstić information content (AvgIpc) is 3.11. The number of aromatic nitrogens is 2. The van der Waals surface area contributed by atoms with E-state index in [1.54, 1.807) is 11.3 Å². The zero-order valence-electron chi connectivity index (χ0n) is 12.9. The molecule has 0 bridgehead atoms. The van der Waals surface area contributed by atoms with Crippen molar-refractivity contribution in [2.75, 3.05) is 5.32 Å². The van der Waals surface area contributed by atoms with Crippen LogP contribution in [0.15, 0.2) is 48.0 Å². The van der Waals surface area contributed by atoms with Crippen molar-refractivity contribution >= 4 is 22.9 Å². The molecule has 0 saturated heterocycles. The topological polar surface area (TPSA) is 61.0 Å². The smallest absolute Gasteiger partial charge is 0.258 e. The fourth-order valence-electron chi connectivity index (χ4n) is 3.35. The maximum absolute atomic E-state index is 13.1. The molecule has 6 heteroatoms. The molecule has 2 aliphatic rings. The Balaban J connectivity index is 1.63. The summed E-state index contributed by atoms with van der Waals surface area (Å²) in [7, 11) is 0. The van der Waals surface area contributed by atoms with Crippen molar-refractivity contribution in [1.29, 1.82) is 0 Å². The number of hydrogen-bond donors (Lipinski definition) is 2. The van der Waals surface area contributed by atoms with Gasteiger partial charge in [0.1, 0.15) is 6.17 Å². The van der Waals surface area contributed by atoms with Gasteiger partial charge in [0.15, 0.2) is 0 Å². The van der Waals surface area contributed by atoms with E-state index in [1.165, 1.54) is 0 Å². The highest BCUT2D eigenvalue weighted by Gasteiger charge is 2.43. The lowest BCUT2D eigenvalue weighted by Gasteiger charge is -2.38. The number of para-hydroxylation sites is 1. The molecule has 1 aliphatic carbocycles. The fraction of sp³-hybridized carbons (Fsp3) is 0.222. The molecule has 24 heavy (non-hydrogen) atoms. The fourth-order valence-corrected chi connectivity index (χ4v) is 4.09. The van der Waals surface area contributed by atoms with Crippen molar-refractivity contribution in [2.45, 2.75) is 25.0 Å². The van der Waals surface area contributed by atoms with Crippen LogP contribution in [0.25, 0.3) is 10.6 Å². The number of thiophene rings is 1. The van der Waals surface area contributed by atoms with E-state index in [9.17, 15) is 4.79 Å². The monoisotopic (exact) mass is 336 g/mol. The highest BCUT2D eigenvalue weighted by Crippen LogP contribution is 2.42.